The summed E-state index contributed by atoms with van der Waals surface area (Å²) in [5.41, 5.74) is 12.0. The number of nitrogen functional groups attached to an aromatic ring is 1. The normalized spacial score (nSPS) is 16.6. The van der Waals surface area contributed by atoms with Crippen molar-refractivity contribution in [3.8, 4) is 0 Å². The van der Waals surface area contributed by atoms with E-state index in [0.717, 1.165) is 32.5 Å². The van der Waals surface area contributed by atoms with Crippen LogP contribution in [0.3, 0.4) is 0 Å². The van der Waals surface area contributed by atoms with Gasteiger partial charge in [0.2, 0.25) is 0 Å². The summed E-state index contributed by atoms with van der Waals surface area (Å²) in [6.45, 7) is 2.53. The Morgan fingerprint density at radius 1 is 1.47 bits per heavy atom. The summed E-state index contributed by atoms with van der Waals surface area (Å²) in [4.78, 5) is 17.5. The Bertz CT molecular complexity index is 456. The van der Waals surface area contributed by atoms with Gasteiger partial charge in [-0.25, -0.2) is 4.98 Å². The van der Waals surface area contributed by atoms with Gasteiger partial charge in [-0.2, -0.15) is 0 Å². The molecule has 1 aliphatic rings. The fraction of sp³-hybridized carbons (Fsp3) is 0.538. The molecule has 1 fully saturated rings. The average Bonchev–Trinajstić information content (AvgIpc) is 2.40. The zero-order valence-corrected chi connectivity index (χ0v) is 11.1. The molecule has 0 bridgehead atoms. The third-order valence-corrected chi connectivity index (χ3v) is 3.47. The number of methoxy groups -OCH3 is 1. The third-order valence-electron chi connectivity index (χ3n) is 3.47. The topological polar surface area (TPSA) is 94.5 Å². The lowest BCUT2D eigenvalue weighted by Crippen LogP contribution is -2.36. The molecular formula is C13H20N4O2. The molecule has 4 N–H and O–H groups in total. The zero-order valence-electron chi connectivity index (χ0n) is 11.1. The number of ether oxygens (including phenoxy) is 1. The Morgan fingerprint density at radius 3 is 2.74 bits per heavy atom. The maximum absolute atomic E-state index is 11.2. The van der Waals surface area contributed by atoms with Crippen LogP contribution in [0.5, 0.6) is 0 Å². The molecule has 19 heavy (non-hydrogen) atoms. The number of hydrogen-bond donors (Lipinski definition) is 2. The Hall–Kier alpha value is -1.82. The highest BCUT2D eigenvalue weighted by atomic mass is 16.5. The second-order valence-electron chi connectivity index (χ2n) is 4.86. The van der Waals surface area contributed by atoms with E-state index in [-0.39, 0.29) is 5.69 Å². The van der Waals surface area contributed by atoms with Gasteiger partial charge in [0.25, 0.3) is 5.91 Å². The van der Waals surface area contributed by atoms with Crippen molar-refractivity contribution in [1.82, 2.24) is 4.98 Å². The van der Waals surface area contributed by atoms with E-state index in [0.29, 0.717) is 17.4 Å². The van der Waals surface area contributed by atoms with E-state index >= 15 is 0 Å². The molecule has 6 nitrogen and oxygen atoms in total. The van der Waals surface area contributed by atoms with Crippen LogP contribution in [-0.4, -0.2) is 37.7 Å². The fourth-order valence-electron chi connectivity index (χ4n) is 2.40. The number of carbonyl (C=O) groups is 1. The summed E-state index contributed by atoms with van der Waals surface area (Å²) in [6.07, 6.45) is 2.07. The molecular weight excluding hydrogens is 244 g/mol. The molecule has 6 heteroatoms. The summed E-state index contributed by atoms with van der Waals surface area (Å²) in [7, 11) is 1.72. The highest BCUT2D eigenvalue weighted by Crippen LogP contribution is 2.26. The van der Waals surface area contributed by atoms with E-state index in [2.05, 4.69) is 9.88 Å². The van der Waals surface area contributed by atoms with Crippen molar-refractivity contribution in [3.05, 3.63) is 17.8 Å². The number of anilines is 2. The SMILES string of the molecule is COCC1CCN(c2nc(C(N)=O)ccc2N)CC1. The van der Waals surface area contributed by atoms with Crippen LogP contribution >= 0.6 is 0 Å². The highest BCUT2D eigenvalue weighted by molar-refractivity contribution is 5.91. The van der Waals surface area contributed by atoms with Crippen molar-refractivity contribution >= 4 is 17.4 Å². The first kappa shape index (κ1) is 13.6. The van der Waals surface area contributed by atoms with Crippen molar-refractivity contribution in [1.29, 1.82) is 0 Å². The van der Waals surface area contributed by atoms with Crippen molar-refractivity contribution in [3.63, 3.8) is 0 Å². The number of nitrogens with zero attached hydrogens (tertiary/aromatic N) is 2. The van der Waals surface area contributed by atoms with Gasteiger partial charge in [0.15, 0.2) is 5.82 Å². The van der Waals surface area contributed by atoms with Gasteiger partial charge in [0.1, 0.15) is 5.69 Å². The van der Waals surface area contributed by atoms with Crippen LogP contribution in [0, 0.1) is 5.92 Å². The molecule has 104 valence electrons. The lowest BCUT2D eigenvalue weighted by molar-refractivity contribution is 0.0995. The lowest BCUT2D eigenvalue weighted by atomic mass is 9.98. The molecule has 1 aromatic heterocycles. The molecule has 1 saturated heterocycles. The monoisotopic (exact) mass is 264 g/mol. The van der Waals surface area contributed by atoms with Crippen molar-refractivity contribution in [2.24, 2.45) is 11.7 Å². The van der Waals surface area contributed by atoms with Crippen molar-refractivity contribution in [2.75, 3.05) is 37.4 Å². The lowest BCUT2D eigenvalue weighted by Gasteiger charge is -2.33. The smallest absolute Gasteiger partial charge is 0.267 e. The van der Waals surface area contributed by atoms with Gasteiger partial charge in [-0.1, -0.05) is 0 Å². The van der Waals surface area contributed by atoms with Gasteiger partial charge in [0.05, 0.1) is 5.69 Å². The van der Waals surface area contributed by atoms with Crippen LogP contribution in [0.2, 0.25) is 0 Å². The van der Waals surface area contributed by atoms with Crippen molar-refractivity contribution in [2.45, 2.75) is 12.8 Å². The average molecular weight is 264 g/mol. The Balaban J connectivity index is 2.10. The van der Waals surface area contributed by atoms with Crippen LogP contribution in [0.25, 0.3) is 0 Å². The molecule has 1 amide bonds. The number of nitrogens with two attached hydrogens (primary N) is 2. The standard InChI is InChI=1S/C13H20N4O2/c1-19-8-9-4-6-17(7-5-9)13-10(14)2-3-11(16-13)12(15)18/h2-3,9H,4-8,14H2,1H3,(H2,15,18). The van der Waals surface area contributed by atoms with Crippen molar-refractivity contribution < 1.29 is 9.53 Å². The summed E-state index contributed by atoms with van der Waals surface area (Å²) in [6, 6.07) is 3.24. The fourth-order valence-corrected chi connectivity index (χ4v) is 2.40. The molecule has 2 rings (SSSR count). The third kappa shape index (κ3) is 3.14. The van der Waals surface area contributed by atoms with E-state index in [1.807, 2.05) is 0 Å². The number of hydrogen-bond acceptors (Lipinski definition) is 5. The predicted molar refractivity (Wildman–Crippen MR) is 74.0 cm³/mol. The Labute approximate surface area is 112 Å². The summed E-state index contributed by atoms with van der Waals surface area (Å²) in [5.74, 6) is 0.712. The Kier molecular flexibility index (Phi) is 4.21. The molecule has 0 unspecified atom stereocenters. The second kappa shape index (κ2) is 5.88. The summed E-state index contributed by atoms with van der Waals surface area (Å²) >= 11 is 0. The molecule has 2 heterocycles. The maximum Gasteiger partial charge on any atom is 0.267 e. The first-order chi connectivity index (χ1) is 9.11. The van der Waals surface area contributed by atoms with Crippen LogP contribution in [0.15, 0.2) is 12.1 Å². The number of pyridine rings is 1. The Morgan fingerprint density at radius 2 is 2.16 bits per heavy atom. The number of primary amides is 1. The van der Waals surface area contributed by atoms with E-state index in [4.69, 9.17) is 16.2 Å². The minimum absolute atomic E-state index is 0.253. The van der Waals surface area contributed by atoms with Gasteiger partial charge in [-0.3, -0.25) is 4.79 Å². The molecule has 0 saturated carbocycles. The number of amides is 1. The van der Waals surface area contributed by atoms with Crippen LogP contribution in [0.4, 0.5) is 11.5 Å². The first-order valence-electron chi connectivity index (χ1n) is 6.42. The minimum atomic E-state index is -0.532. The highest BCUT2D eigenvalue weighted by Gasteiger charge is 2.22. The van der Waals surface area contributed by atoms with Crippen LogP contribution < -0.4 is 16.4 Å². The summed E-state index contributed by atoms with van der Waals surface area (Å²) < 4.78 is 5.18. The quantitative estimate of drug-likeness (QED) is 0.831. The molecule has 1 aliphatic heterocycles. The first-order valence-corrected chi connectivity index (χ1v) is 6.42. The number of piperidine rings is 1. The number of rotatable bonds is 4. The molecule has 0 radical (unpaired) electrons. The van der Waals surface area contributed by atoms with E-state index in [9.17, 15) is 4.79 Å². The number of carbonyl (C=O) groups excluding carboxylic acids is 1. The molecule has 0 aromatic carbocycles. The minimum Gasteiger partial charge on any atom is -0.396 e. The molecule has 0 spiro atoms. The number of aromatic nitrogens is 1. The maximum atomic E-state index is 11.2. The van der Waals surface area contributed by atoms with Crippen LogP contribution in [0.1, 0.15) is 23.3 Å². The van der Waals surface area contributed by atoms with E-state index in [1.165, 1.54) is 0 Å². The molecule has 1 aromatic rings. The van der Waals surface area contributed by atoms with Gasteiger partial charge in [-0.15, -0.1) is 0 Å². The second-order valence-corrected chi connectivity index (χ2v) is 4.86. The van der Waals surface area contributed by atoms with Gasteiger partial charge in [0, 0.05) is 26.8 Å². The van der Waals surface area contributed by atoms with Gasteiger partial charge >= 0.3 is 0 Å². The predicted octanol–water partition coefficient (Wildman–Crippen LogP) is 0.626. The molecule has 0 aliphatic carbocycles. The zero-order chi connectivity index (χ0) is 13.8. The van der Waals surface area contributed by atoms with Gasteiger partial charge in [-0.05, 0) is 30.9 Å². The largest absolute Gasteiger partial charge is 0.396 e. The van der Waals surface area contributed by atoms with E-state index < -0.39 is 5.91 Å². The summed E-state index contributed by atoms with van der Waals surface area (Å²) in [5, 5.41) is 0. The molecule has 0 atom stereocenters. The van der Waals surface area contributed by atoms with Crippen LogP contribution in [-0.2, 0) is 4.74 Å². The van der Waals surface area contributed by atoms with E-state index in [1.54, 1.807) is 19.2 Å². The van der Waals surface area contributed by atoms with Gasteiger partial charge < -0.3 is 21.1 Å².